The average Bonchev–Trinajstić information content (AvgIpc) is 2.98. The molecule has 0 aliphatic heterocycles. The zero-order valence-electron chi connectivity index (χ0n) is 26.2. The molecule has 34 heavy (non-hydrogen) atoms. The SMILES string of the molecule is [2H]C([2H])([2H])c1c[c-]c(-c2ccc(C([2H])([2H])[2H])cn2)cc1.[2H]C([2H])(c1ccccc1)c1cc[c-]c(-c2[c-]cccc2)c1.[Ir+3]. The summed E-state index contributed by atoms with van der Waals surface area (Å²) in [6.45, 7) is -4.34. The van der Waals surface area contributed by atoms with Crippen molar-refractivity contribution in [3.63, 3.8) is 0 Å². The number of aryl methyl sites for hydroxylation is 2. The summed E-state index contributed by atoms with van der Waals surface area (Å²) in [4.78, 5) is 4.08. The van der Waals surface area contributed by atoms with Gasteiger partial charge in [0, 0.05) is 17.2 Å². The third kappa shape index (κ3) is 7.35. The Kier molecular flexibility index (Phi) is 6.15. The van der Waals surface area contributed by atoms with Gasteiger partial charge in [0.2, 0.25) is 0 Å². The number of rotatable bonds is 4. The first-order valence-corrected chi connectivity index (χ1v) is 10.4. The van der Waals surface area contributed by atoms with Gasteiger partial charge < -0.3 is 4.98 Å². The van der Waals surface area contributed by atoms with E-state index >= 15 is 0 Å². The quantitative estimate of drug-likeness (QED) is 0.187. The minimum Gasteiger partial charge on any atom is -0.304 e. The van der Waals surface area contributed by atoms with E-state index in [1.165, 1.54) is 24.4 Å². The molecule has 0 saturated heterocycles. The number of hydrogen-bond acceptors (Lipinski definition) is 1. The topological polar surface area (TPSA) is 12.9 Å². The van der Waals surface area contributed by atoms with Crippen LogP contribution in [0, 0.1) is 31.9 Å². The van der Waals surface area contributed by atoms with Crippen molar-refractivity contribution in [2.75, 3.05) is 0 Å². The van der Waals surface area contributed by atoms with E-state index in [9.17, 15) is 0 Å². The van der Waals surface area contributed by atoms with Crippen molar-refractivity contribution in [3.8, 4) is 22.4 Å². The van der Waals surface area contributed by atoms with Crippen LogP contribution in [-0.2, 0) is 26.5 Å². The van der Waals surface area contributed by atoms with Crippen LogP contribution >= 0.6 is 0 Å². The minimum atomic E-state index is -2.18. The van der Waals surface area contributed by atoms with Crippen molar-refractivity contribution >= 4 is 0 Å². The van der Waals surface area contributed by atoms with Gasteiger partial charge in [0.1, 0.15) is 0 Å². The van der Waals surface area contributed by atoms with Crippen LogP contribution in [0.1, 0.15) is 33.2 Å². The van der Waals surface area contributed by atoms with Gasteiger partial charge in [-0.1, -0.05) is 49.3 Å². The van der Waals surface area contributed by atoms with E-state index in [0.717, 1.165) is 11.1 Å². The molecule has 168 valence electrons. The summed E-state index contributed by atoms with van der Waals surface area (Å²) in [7, 11) is 0. The van der Waals surface area contributed by atoms with Crippen molar-refractivity contribution in [2.24, 2.45) is 0 Å². The van der Waals surface area contributed by atoms with Gasteiger partial charge in [0.25, 0.3) is 0 Å². The van der Waals surface area contributed by atoms with Gasteiger partial charge >= 0.3 is 20.1 Å². The Bertz CT molecular complexity index is 1490. The second-order valence-electron chi connectivity index (χ2n) is 7.18. The first kappa shape index (κ1) is 16.3. The van der Waals surface area contributed by atoms with Crippen LogP contribution in [0.4, 0.5) is 0 Å². The van der Waals surface area contributed by atoms with E-state index in [4.69, 9.17) is 11.0 Å². The maximum atomic E-state index is 8.41. The molecule has 0 radical (unpaired) electrons. The normalized spacial score (nSPS) is 14.6. The predicted molar refractivity (Wildman–Crippen MR) is 137 cm³/mol. The fourth-order valence-electron chi connectivity index (χ4n) is 3.09. The molecular weight excluding hydrogens is 591 g/mol. The van der Waals surface area contributed by atoms with Crippen molar-refractivity contribution in [3.05, 3.63) is 150 Å². The molecule has 2 heteroatoms. The zero-order valence-corrected chi connectivity index (χ0v) is 20.6. The van der Waals surface area contributed by atoms with Crippen molar-refractivity contribution in [1.82, 2.24) is 4.98 Å². The fraction of sp³-hybridized carbons (Fsp3) is 0.0938. The van der Waals surface area contributed by atoms with Gasteiger partial charge in [-0.3, -0.25) is 0 Å². The first-order chi connectivity index (χ1) is 19.4. The second-order valence-corrected chi connectivity index (χ2v) is 7.18. The van der Waals surface area contributed by atoms with Gasteiger partial charge in [-0.25, -0.2) is 11.1 Å². The van der Waals surface area contributed by atoms with Gasteiger partial charge in [0.15, 0.2) is 0 Å². The van der Waals surface area contributed by atoms with E-state index in [1.54, 1.807) is 24.3 Å². The third-order valence-corrected chi connectivity index (χ3v) is 4.72. The molecule has 0 bridgehead atoms. The number of pyridine rings is 1. The summed E-state index contributed by atoms with van der Waals surface area (Å²) in [5.74, 6) is 0. The van der Waals surface area contributed by atoms with E-state index in [-0.39, 0.29) is 31.2 Å². The molecule has 0 fully saturated rings. The summed E-state index contributed by atoms with van der Waals surface area (Å²) < 4.78 is 60.5. The molecule has 0 amide bonds. The Labute approximate surface area is 228 Å². The molecular formula is C32H26IrN. The van der Waals surface area contributed by atoms with Gasteiger partial charge in [-0.2, -0.15) is 42.5 Å². The van der Waals surface area contributed by atoms with Crippen LogP contribution in [-0.4, -0.2) is 4.98 Å². The molecule has 4 aromatic carbocycles. The molecule has 5 aromatic rings. The number of nitrogens with zero attached hydrogens (tertiary/aromatic N) is 1. The molecule has 1 aromatic heterocycles. The minimum absolute atomic E-state index is 0. The third-order valence-electron chi connectivity index (χ3n) is 4.72. The largest absolute Gasteiger partial charge is 3.00 e. The zero-order chi connectivity index (χ0) is 29.7. The molecule has 0 aliphatic rings. The molecule has 0 spiro atoms. The Hall–Kier alpha value is -3.32. The van der Waals surface area contributed by atoms with Crippen LogP contribution in [0.25, 0.3) is 22.4 Å². The van der Waals surface area contributed by atoms with E-state index in [0.29, 0.717) is 22.4 Å². The standard InChI is InChI=1S/C19H14.C13H12N.Ir/c1-3-8-16(9-4-1)14-17-10-7-13-19(15-17)18-11-5-2-6-12-18;1-10-3-6-12(7-4-10)13-8-5-11(2)9-14-13;/h1-11,15H,14H2;3-6,8-9H,1-2H3;/q-2;-1;+3/i14D2;1D3,2D3;. The van der Waals surface area contributed by atoms with E-state index in [1.807, 2.05) is 60.7 Å². The average molecular weight is 625 g/mol. The molecule has 0 unspecified atom stereocenters. The van der Waals surface area contributed by atoms with Crippen LogP contribution in [0.15, 0.2) is 109 Å². The molecule has 5 rings (SSSR count). The summed E-state index contributed by atoms with van der Waals surface area (Å²) in [5.41, 5.74) is 4.60. The molecule has 0 saturated carbocycles. The first-order valence-electron chi connectivity index (χ1n) is 14.4. The Balaban J connectivity index is 0.000000225. The van der Waals surface area contributed by atoms with Crippen molar-refractivity contribution in [1.29, 1.82) is 0 Å². The van der Waals surface area contributed by atoms with Gasteiger partial charge in [-0.05, 0) is 30.0 Å². The molecule has 0 atom stereocenters. The molecule has 0 aliphatic carbocycles. The summed E-state index contributed by atoms with van der Waals surface area (Å²) in [6.07, 6.45) is -0.228. The fourth-order valence-corrected chi connectivity index (χ4v) is 3.09. The van der Waals surface area contributed by atoms with Gasteiger partial charge in [0.05, 0.1) is 0 Å². The number of hydrogen-bond donors (Lipinski definition) is 0. The second kappa shape index (κ2) is 12.8. The van der Waals surface area contributed by atoms with E-state index < -0.39 is 20.1 Å². The Morgan fingerprint density at radius 3 is 2.18 bits per heavy atom. The van der Waals surface area contributed by atoms with Crippen LogP contribution < -0.4 is 0 Å². The number of aromatic nitrogens is 1. The summed E-state index contributed by atoms with van der Waals surface area (Å²) in [6, 6.07) is 39.0. The van der Waals surface area contributed by atoms with Crippen LogP contribution in [0.3, 0.4) is 0 Å². The van der Waals surface area contributed by atoms with Gasteiger partial charge in [-0.15, -0.1) is 53.1 Å². The van der Waals surface area contributed by atoms with Crippen LogP contribution in [0.5, 0.6) is 0 Å². The predicted octanol–water partition coefficient (Wildman–Crippen LogP) is 7.71. The Morgan fingerprint density at radius 1 is 0.706 bits per heavy atom. The summed E-state index contributed by atoms with van der Waals surface area (Å²) >= 11 is 0. The maximum absolute atomic E-state index is 8.41. The number of benzene rings is 4. The monoisotopic (exact) mass is 625 g/mol. The molecule has 0 N–H and O–H groups in total. The van der Waals surface area contributed by atoms with E-state index in [2.05, 4.69) is 23.2 Å². The summed E-state index contributed by atoms with van der Waals surface area (Å²) in [5, 5.41) is 0. The molecule has 1 nitrogen and oxygen atoms in total. The maximum Gasteiger partial charge on any atom is 3.00 e. The van der Waals surface area contributed by atoms with Crippen molar-refractivity contribution in [2.45, 2.75) is 20.1 Å². The van der Waals surface area contributed by atoms with Crippen molar-refractivity contribution < 1.29 is 31.1 Å². The smallest absolute Gasteiger partial charge is 0.304 e. The Morgan fingerprint density at radius 2 is 1.50 bits per heavy atom. The van der Waals surface area contributed by atoms with Crippen LogP contribution in [0.2, 0.25) is 0 Å². The molecule has 1 heterocycles.